The first-order valence-electron chi connectivity index (χ1n) is 6.91. The van der Waals surface area contributed by atoms with Crippen LogP contribution in [-0.2, 0) is 4.79 Å². The van der Waals surface area contributed by atoms with Crippen molar-refractivity contribution in [3.05, 3.63) is 0 Å². The second-order valence-electron chi connectivity index (χ2n) is 5.58. The minimum atomic E-state index is -0.770. The third-order valence-corrected chi connectivity index (χ3v) is 5.26. The van der Waals surface area contributed by atoms with Gasteiger partial charge in [0.05, 0.1) is 5.41 Å². The van der Waals surface area contributed by atoms with E-state index in [4.69, 9.17) is 0 Å². The van der Waals surface area contributed by atoms with Crippen molar-refractivity contribution in [1.82, 2.24) is 10.2 Å². The van der Waals surface area contributed by atoms with Crippen LogP contribution in [0.4, 0.5) is 4.79 Å². The molecule has 1 heterocycles. The number of hydrogen-bond donors (Lipinski definition) is 2. The molecule has 6 heteroatoms. The molecule has 0 aromatic heterocycles. The summed E-state index contributed by atoms with van der Waals surface area (Å²) in [6.45, 7) is 3.87. The van der Waals surface area contributed by atoms with E-state index in [2.05, 4.69) is 12.2 Å². The first-order chi connectivity index (χ1) is 9.03. The van der Waals surface area contributed by atoms with Gasteiger partial charge in [-0.15, -0.1) is 0 Å². The van der Waals surface area contributed by atoms with Crippen LogP contribution in [-0.4, -0.2) is 52.6 Å². The summed E-state index contributed by atoms with van der Waals surface area (Å²) in [5, 5.41) is 12.7. The number of nitrogens with one attached hydrogen (secondary N) is 1. The van der Waals surface area contributed by atoms with E-state index in [0.29, 0.717) is 18.1 Å². The molecule has 1 saturated carbocycles. The van der Waals surface area contributed by atoms with Gasteiger partial charge in [-0.2, -0.15) is 11.8 Å². The SMILES string of the molecule is CC1CN(C(=O)NCC2(C(=O)O)CCCC2)CCS1. The van der Waals surface area contributed by atoms with Gasteiger partial charge in [0.25, 0.3) is 0 Å². The average molecular weight is 286 g/mol. The van der Waals surface area contributed by atoms with E-state index in [1.54, 1.807) is 4.90 Å². The zero-order valence-corrected chi connectivity index (χ0v) is 12.2. The Labute approximate surface area is 118 Å². The molecule has 2 N–H and O–H groups in total. The number of carbonyl (C=O) groups is 2. The van der Waals surface area contributed by atoms with E-state index in [0.717, 1.165) is 31.7 Å². The van der Waals surface area contributed by atoms with Gasteiger partial charge in [0, 0.05) is 30.6 Å². The maximum atomic E-state index is 12.1. The lowest BCUT2D eigenvalue weighted by Crippen LogP contribution is -2.50. The fraction of sp³-hybridized carbons (Fsp3) is 0.846. The lowest BCUT2D eigenvalue weighted by Gasteiger charge is -2.32. The second kappa shape index (κ2) is 6.03. The van der Waals surface area contributed by atoms with Crippen molar-refractivity contribution in [2.75, 3.05) is 25.4 Å². The first kappa shape index (κ1) is 14.5. The minimum absolute atomic E-state index is 0.111. The van der Waals surface area contributed by atoms with Crippen LogP contribution < -0.4 is 5.32 Å². The van der Waals surface area contributed by atoms with Crippen molar-refractivity contribution in [1.29, 1.82) is 0 Å². The van der Waals surface area contributed by atoms with Gasteiger partial charge in [-0.25, -0.2) is 4.79 Å². The lowest BCUT2D eigenvalue weighted by atomic mass is 9.86. The monoisotopic (exact) mass is 286 g/mol. The van der Waals surface area contributed by atoms with Gasteiger partial charge in [0.1, 0.15) is 0 Å². The topological polar surface area (TPSA) is 69.6 Å². The molecule has 1 aliphatic heterocycles. The lowest BCUT2D eigenvalue weighted by molar-refractivity contribution is -0.148. The molecule has 0 aromatic carbocycles. The van der Waals surface area contributed by atoms with E-state index in [-0.39, 0.29) is 12.6 Å². The summed E-state index contributed by atoms with van der Waals surface area (Å²) in [5.74, 6) is 0.187. The van der Waals surface area contributed by atoms with Crippen LogP contribution in [0.5, 0.6) is 0 Å². The Morgan fingerprint density at radius 3 is 2.68 bits per heavy atom. The van der Waals surface area contributed by atoms with Gasteiger partial charge in [-0.3, -0.25) is 4.79 Å². The third kappa shape index (κ3) is 3.35. The molecule has 2 rings (SSSR count). The Morgan fingerprint density at radius 1 is 1.42 bits per heavy atom. The van der Waals surface area contributed by atoms with E-state index in [1.807, 2.05) is 11.8 Å². The number of aliphatic carboxylic acids is 1. The molecule has 0 bridgehead atoms. The molecule has 2 amide bonds. The number of hydrogen-bond acceptors (Lipinski definition) is 3. The Bertz CT molecular complexity index is 356. The predicted octanol–water partition coefficient (Wildman–Crippen LogP) is 1.78. The van der Waals surface area contributed by atoms with Crippen molar-refractivity contribution in [2.24, 2.45) is 5.41 Å². The molecule has 1 aliphatic carbocycles. The molecule has 108 valence electrons. The smallest absolute Gasteiger partial charge is 0.317 e. The highest BCUT2D eigenvalue weighted by molar-refractivity contribution is 7.99. The molecule has 5 nitrogen and oxygen atoms in total. The number of amides is 2. The van der Waals surface area contributed by atoms with Crippen LogP contribution in [0.1, 0.15) is 32.6 Å². The maximum Gasteiger partial charge on any atom is 0.317 e. The number of carboxylic acid groups (broad SMARTS) is 1. The molecule has 2 aliphatic rings. The molecule has 0 radical (unpaired) electrons. The summed E-state index contributed by atoms with van der Waals surface area (Å²) < 4.78 is 0. The number of thioether (sulfide) groups is 1. The Hall–Kier alpha value is -0.910. The number of carbonyl (C=O) groups excluding carboxylic acids is 1. The normalized spacial score (nSPS) is 26.2. The highest BCUT2D eigenvalue weighted by Gasteiger charge is 2.41. The molecule has 1 saturated heterocycles. The Morgan fingerprint density at radius 2 is 2.11 bits per heavy atom. The standard InChI is InChI=1S/C13H22N2O3S/c1-10-8-15(6-7-19-10)12(18)14-9-13(11(16)17)4-2-3-5-13/h10H,2-9H2,1H3,(H,14,18)(H,16,17). The number of carboxylic acids is 1. The fourth-order valence-corrected chi connectivity index (χ4v) is 3.89. The van der Waals surface area contributed by atoms with Crippen molar-refractivity contribution in [3.8, 4) is 0 Å². The third-order valence-electron chi connectivity index (χ3n) is 4.12. The second-order valence-corrected chi connectivity index (χ2v) is 7.13. The van der Waals surface area contributed by atoms with E-state index < -0.39 is 11.4 Å². The van der Waals surface area contributed by atoms with Crippen LogP contribution in [0, 0.1) is 5.41 Å². The average Bonchev–Trinajstić information content (AvgIpc) is 2.86. The largest absolute Gasteiger partial charge is 0.481 e. The summed E-state index contributed by atoms with van der Waals surface area (Å²) in [6, 6.07) is -0.111. The summed E-state index contributed by atoms with van der Waals surface area (Å²) in [5.41, 5.74) is -0.730. The molecule has 0 spiro atoms. The predicted molar refractivity (Wildman–Crippen MR) is 75.4 cm³/mol. The highest BCUT2D eigenvalue weighted by Crippen LogP contribution is 2.37. The molecule has 0 aromatic rings. The fourth-order valence-electron chi connectivity index (χ4n) is 2.88. The quantitative estimate of drug-likeness (QED) is 0.829. The minimum Gasteiger partial charge on any atom is -0.481 e. The van der Waals surface area contributed by atoms with Crippen LogP contribution in [0.25, 0.3) is 0 Å². The van der Waals surface area contributed by atoms with Gasteiger partial charge in [-0.1, -0.05) is 19.8 Å². The molecule has 19 heavy (non-hydrogen) atoms. The van der Waals surface area contributed by atoms with Gasteiger partial charge in [0.15, 0.2) is 0 Å². The van der Waals surface area contributed by atoms with Crippen LogP contribution in [0.15, 0.2) is 0 Å². The van der Waals surface area contributed by atoms with Crippen molar-refractivity contribution in [3.63, 3.8) is 0 Å². The zero-order valence-electron chi connectivity index (χ0n) is 11.4. The Balaban J connectivity index is 1.87. The number of rotatable bonds is 3. The molecule has 2 fully saturated rings. The van der Waals surface area contributed by atoms with E-state index >= 15 is 0 Å². The van der Waals surface area contributed by atoms with Crippen LogP contribution >= 0.6 is 11.8 Å². The molecular formula is C13H22N2O3S. The van der Waals surface area contributed by atoms with Crippen molar-refractivity contribution >= 4 is 23.8 Å². The van der Waals surface area contributed by atoms with Gasteiger partial charge in [0.2, 0.25) is 0 Å². The van der Waals surface area contributed by atoms with Crippen LogP contribution in [0.3, 0.4) is 0 Å². The van der Waals surface area contributed by atoms with Gasteiger partial charge < -0.3 is 15.3 Å². The Kier molecular flexibility index (Phi) is 4.60. The summed E-state index contributed by atoms with van der Waals surface area (Å²) in [6.07, 6.45) is 3.24. The molecule has 1 atom stereocenters. The summed E-state index contributed by atoms with van der Waals surface area (Å²) in [4.78, 5) is 25.3. The van der Waals surface area contributed by atoms with Crippen molar-refractivity contribution < 1.29 is 14.7 Å². The highest BCUT2D eigenvalue weighted by atomic mass is 32.2. The molecule has 1 unspecified atom stereocenters. The zero-order chi connectivity index (χ0) is 13.9. The van der Waals surface area contributed by atoms with Crippen molar-refractivity contribution in [2.45, 2.75) is 37.9 Å². The number of urea groups is 1. The summed E-state index contributed by atoms with van der Waals surface area (Å²) in [7, 11) is 0. The van der Waals surface area contributed by atoms with Gasteiger partial charge >= 0.3 is 12.0 Å². The molecular weight excluding hydrogens is 264 g/mol. The van der Waals surface area contributed by atoms with E-state index in [9.17, 15) is 14.7 Å². The van der Waals surface area contributed by atoms with Gasteiger partial charge in [-0.05, 0) is 12.8 Å². The maximum absolute atomic E-state index is 12.1. The number of nitrogens with zero attached hydrogens (tertiary/aromatic N) is 1. The first-order valence-corrected chi connectivity index (χ1v) is 7.96. The summed E-state index contributed by atoms with van der Waals surface area (Å²) >= 11 is 1.87. The van der Waals surface area contributed by atoms with Crippen LogP contribution in [0.2, 0.25) is 0 Å². The van der Waals surface area contributed by atoms with E-state index in [1.165, 1.54) is 0 Å².